The van der Waals surface area contributed by atoms with Crippen LogP contribution in [0.1, 0.15) is 23.4 Å². The highest BCUT2D eigenvalue weighted by molar-refractivity contribution is 7.91. The van der Waals surface area contributed by atoms with Gasteiger partial charge in [-0.25, -0.2) is 17.6 Å². The Kier molecular flexibility index (Phi) is 6.89. The number of sulfonamides is 1. The lowest BCUT2D eigenvalue weighted by atomic mass is 10.1. The molecular weight excluding hydrogens is 417 g/mol. The molecule has 29 heavy (non-hydrogen) atoms. The summed E-state index contributed by atoms with van der Waals surface area (Å²) in [6.07, 6.45) is 0. The predicted octanol–water partition coefficient (Wildman–Crippen LogP) is 2.81. The van der Waals surface area contributed by atoms with Gasteiger partial charge in [-0.2, -0.15) is 4.31 Å². The molecular formula is C19H24FN3O4S2. The van der Waals surface area contributed by atoms with E-state index in [0.717, 1.165) is 21.8 Å². The van der Waals surface area contributed by atoms with Crippen LogP contribution in [0, 0.1) is 5.82 Å². The van der Waals surface area contributed by atoms with Gasteiger partial charge in [0.1, 0.15) is 10.0 Å². The van der Waals surface area contributed by atoms with Gasteiger partial charge in [0.2, 0.25) is 0 Å². The number of benzene rings is 1. The minimum absolute atomic E-state index is 0.225. The Bertz CT molecular complexity index is 941. The van der Waals surface area contributed by atoms with Gasteiger partial charge in [0.05, 0.1) is 25.8 Å². The largest absolute Gasteiger partial charge is 0.379 e. The molecule has 1 unspecified atom stereocenters. The molecule has 2 aromatic rings. The number of amides is 2. The summed E-state index contributed by atoms with van der Waals surface area (Å²) in [6.45, 7) is 3.56. The van der Waals surface area contributed by atoms with Crippen LogP contribution in [0.15, 0.2) is 40.6 Å². The third-order valence-corrected chi connectivity index (χ3v) is 8.32. The van der Waals surface area contributed by atoms with Crippen LogP contribution in [-0.4, -0.2) is 57.0 Å². The molecule has 0 bridgehead atoms. The highest BCUT2D eigenvalue weighted by Gasteiger charge is 2.27. The number of urea groups is 1. The first kappa shape index (κ1) is 21.7. The predicted molar refractivity (Wildman–Crippen MR) is 109 cm³/mol. The second kappa shape index (κ2) is 9.21. The van der Waals surface area contributed by atoms with E-state index < -0.39 is 10.0 Å². The molecule has 1 saturated heterocycles. The van der Waals surface area contributed by atoms with Crippen LogP contribution in [-0.2, 0) is 21.3 Å². The van der Waals surface area contributed by atoms with Crippen molar-refractivity contribution in [3.8, 4) is 0 Å². The number of thiophene rings is 1. The minimum atomic E-state index is -3.53. The van der Waals surface area contributed by atoms with Crippen molar-refractivity contribution < 1.29 is 22.3 Å². The van der Waals surface area contributed by atoms with E-state index in [2.05, 4.69) is 5.32 Å². The third kappa shape index (κ3) is 5.13. The number of ether oxygens (including phenoxy) is 1. The second-order valence-electron chi connectivity index (χ2n) is 6.73. The number of halogens is 1. The van der Waals surface area contributed by atoms with Gasteiger partial charge < -0.3 is 15.0 Å². The van der Waals surface area contributed by atoms with Crippen molar-refractivity contribution in [2.75, 3.05) is 33.4 Å². The van der Waals surface area contributed by atoms with Crippen molar-refractivity contribution in [1.29, 1.82) is 0 Å². The highest BCUT2D eigenvalue weighted by Crippen LogP contribution is 2.26. The normalized spacial score (nSPS) is 16.4. The topological polar surface area (TPSA) is 79.0 Å². The molecule has 1 aliphatic rings. The molecule has 3 rings (SSSR count). The zero-order valence-electron chi connectivity index (χ0n) is 16.3. The Morgan fingerprint density at radius 1 is 1.24 bits per heavy atom. The third-order valence-electron chi connectivity index (χ3n) is 4.87. The van der Waals surface area contributed by atoms with Crippen molar-refractivity contribution in [3.63, 3.8) is 0 Å². The van der Waals surface area contributed by atoms with Gasteiger partial charge in [0.15, 0.2) is 0 Å². The maximum absolute atomic E-state index is 13.1. The molecule has 1 aromatic heterocycles. The van der Waals surface area contributed by atoms with Crippen molar-refractivity contribution >= 4 is 27.4 Å². The van der Waals surface area contributed by atoms with E-state index in [4.69, 9.17) is 4.74 Å². The summed E-state index contributed by atoms with van der Waals surface area (Å²) in [5.41, 5.74) is 0.819. The summed E-state index contributed by atoms with van der Waals surface area (Å²) >= 11 is 1.15. The number of rotatable bonds is 6. The van der Waals surface area contributed by atoms with Gasteiger partial charge >= 0.3 is 6.03 Å². The molecule has 2 amide bonds. The van der Waals surface area contributed by atoms with Crippen LogP contribution in [0.2, 0.25) is 0 Å². The van der Waals surface area contributed by atoms with E-state index in [0.29, 0.717) is 26.3 Å². The fraction of sp³-hybridized carbons (Fsp3) is 0.421. The second-order valence-corrected chi connectivity index (χ2v) is 10.1. The molecule has 158 valence electrons. The Balaban J connectivity index is 1.58. The summed E-state index contributed by atoms with van der Waals surface area (Å²) in [5, 5.41) is 2.80. The fourth-order valence-electron chi connectivity index (χ4n) is 2.93. The first-order valence-electron chi connectivity index (χ1n) is 9.22. The Morgan fingerprint density at radius 2 is 1.90 bits per heavy atom. The fourth-order valence-corrected chi connectivity index (χ4v) is 5.79. The van der Waals surface area contributed by atoms with Crippen LogP contribution in [0.5, 0.6) is 0 Å². The quantitative estimate of drug-likeness (QED) is 0.748. The SMILES string of the molecule is CC(c1ccc(F)cc1)N(C)C(=O)NCc1ccc(S(=O)(=O)N2CCOCC2)s1. The van der Waals surface area contributed by atoms with E-state index in [-0.39, 0.29) is 28.6 Å². The first-order chi connectivity index (χ1) is 13.8. The molecule has 1 N–H and O–H groups in total. The Hall–Kier alpha value is -2.01. The van der Waals surface area contributed by atoms with Gasteiger partial charge in [0, 0.05) is 25.0 Å². The van der Waals surface area contributed by atoms with Crippen molar-refractivity contribution in [1.82, 2.24) is 14.5 Å². The number of hydrogen-bond acceptors (Lipinski definition) is 5. The van der Waals surface area contributed by atoms with Crippen LogP contribution in [0.25, 0.3) is 0 Å². The maximum atomic E-state index is 13.1. The number of carbonyl (C=O) groups is 1. The lowest BCUT2D eigenvalue weighted by Crippen LogP contribution is -2.40. The molecule has 1 atom stereocenters. The lowest BCUT2D eigenvalue weighted by molar-refractivity contribution is 0.0731. The van der Waals surface area contributed by atoms with E-state index in [1.165, 1.54) is 21.3 Å². The standard InChI is InChI=1S/C19H24FN3O4S2/c1-14(15-3-5-16(20)6-4-15)22(2)19(24)21-13-17-7-8-18(28-17)29(25,26)23-9-11-27-12-10-23/h3-8,14H,9-13H2,1-2H3,(H,21,24). The van der Waals surface area contributed by atoms with E-state index in [1.54, 1.807) is 31.3 Å². The molecule has 0 aliphatic carbocycles. The smallest absolute Gasteiger partial charge is 0.317 e. The first-order valence-corrected chi connectivity index (χ1v) is 11.5. The monoisotopic (exact) mass is 441 g/mol. The summed E-state index contributed by atoms with van der Waals surface area (Å²) in [7, 11) is -1.87. The van der Waals surface area contributed by atoms with Gasteiger partial charge in [-0.3, -0.25) is 0 Å². The lowest BCUT2D eigenvalue weighted by Gasteiger charge is -2.25. The average molecular weight is 442 g/mol. The molecule has 1 fully saturated rings. The number of nitrogens with one attached hydrogen (secondary N) is 1. The molecule has 0 spiro atoms. The van der Waals surface area contributed by atoms with Gasteiger partial charge in [-0.1, -0.05) is 12.1 Å². The Morgan fingerprint density at radius 3 is 2.55 bits per heavy atom. The van der Waals surface area contributed by atoms with Crippen LogP contribution < -0.4 is 5.32 Å². The number of nitrogens with zero attached hydrogens (tertiary/aromatic N) is 2. The molecule has 1 aromatic carbocycles. The summed E-state index contributed by atoms with van der Waals surface area (Å²) < 4.78 is 45.3. The van der Waals surface area contributed by atoms with Crippen molar-refractivity contribution in [3.05, 3.63) is 52.7 Å². The van der Waals surface area contributed by atoms with Crippen LogP contribution in [0.3, 0.4) is 0 Å². The van der Waals surface area contributed by atoms with Gasteiger partial charge in [-0.05, 0) is 36.8 Å². The molecule has 0 saturated carbocycles. The maximum Gasteiger partial charge on any atom is 0.317 e. The van der Waals surface area contributed by atoms with Crippen molar-refractivity contribution in [2.24, 2.45) is 0 Å². The molecule has 2 heterocycles. The number of morpholine rings is 1. The number of hydrogen-bond donors (Lipinski definition) is 1. The zero-order chi connectivity index (χ0) is 21.0. The summed E-state index contributed by atoms with van der Waals surface area (Å²) in [5.74, 6) is -0.325. The van der Waals surface area contributed by atoms with Crippen LogP contribution >= 0.6 is 11.3 Å². The zero-order valence-corrected chi connectivity index (χ0v) is 17.9. The Labute approximate surface area is 174 Å². The summed E-state index contributed by atoms with van der Waals surface area (Å²) in [4.78, 5) is 14.7. The van der Waals surface area contributed by atoms with E-state index in [1.807, 2.05) is 6.92 Å². The summed E-state index contributed by atoms with van der Waals surface area (Å²) in [6, 6.07) is 8.75. The number of carbonyl (C=O) groups excluding carboxylic acids is 1. The molecule has 1 aliphatic heterocycles. The van der Waals surface area contributed by atoms with Gasteiger partial charge in [0.25, 0.3) is 10.0 Å². The molecule has 0 radical (unpaired) electrons. The van der Waals surface area contributed by atoms with E-state index >= 15 is 0 Å². The molecule has 7 nitrogen and oxygen atoms in total. The van der Waals surface area contributed by atoms with Crippen LogP contribution in [0.4, 0.5) is 9.18 Å². The molecule has 10 heteroatoms. The minimum Gasteiger partial charge on any atom is -0.379 e. The van der Waals surface area contributed by atoms with Crippen molar-refractivity contribution in [2.45, 2.75) is 23.7 Å². The average Bonchev–Trinajstić information content (AvgIpc) is 3.22. The highest BCUT2D eigenvalue weighted by atomic mass is 32.2. The van der Waals surface area contributed by atoms with E-state index in [9.17, 15) is 17.6 Å². The van der Waals surface area contributed by atoms with Gasteiger partial charge in [-0.15, -0.1) is 11.3 Å².